The fourth-order valence-corrected chi connectivity index (χ4v) is 1.45. The molecule has 1 rings (SSSR count). The van der Waals surface area contributed by atoms with Crippen LogP contribution in [0.3, 0.4) is 0 Å². The second kappa shape index (κ2) is 4.92. The Labute approximate surface area is 74.6 Å². The molecule has 0 aliphatic carbocycles. The number of nitrogens with zero attached hydrogens (tertiary/aromatic N) is 2. The van der Waals surface area contributed by atoms with Gasteiger partial charge in [-0.3, -0.25) is 4.39 Å². The Balaban J connectivity index is 2.46. The van der Waals surface area contributed by atoms with E-state index in [4.69, 9.17) is 5.73 Å². The maximum absolute atomic E-state index is 11.7. The van der Waals surface area contributed by atoms with Crippen LogP contribution < -0.4 is 5.73 Å². The molecule has 1 heterocycles. The normalized spacial score (nSPS) is 10.1. The third-order valence-corrected chi connectivity index (χ3v) is 2.29. The number of nitrogen functional groups attached to an aromatic ring is 1. The SMILES string of the molecule is Nc1nccnc1SCCCF. The van der Waals surface area contributed by atoms with Crippen molar-refractivity contribution in [2.45, 2.75) is 11.4 Å². The molecule has 0 unspecified atom stereocenters. The summed E-state index contributed by atoms with van der Waals surface area (Å²) >= 11 is 1.43. The Morgan fingerprint density at radius 1 is 1.42 bits per heavy atom. The zero-order valence-electron chi connectivity index (χ0n) is 6.53. The summed E-state index contributed by atoms with van der Waals surface area (Å²) in [6.07, 6.45) is 3.64. The van der Waals surface area contributed by atoms with Crippen molar-refractivity contribution in [2.75, 3.05) is 18.2 Å². The molecule has 3 nitrogen and oxygen atoms in total. The molecule has 2 N–H and O–H groups in total. The van der Waals surface area contributed by atoms with Gasteiger partial charge in [0.2, 0.25) is 0 Å². The van der Waals surface area contributed by atoms with Crippen LogP contribution in [0.1, 0.15) is 6.42 Å². The molecule has 0 aliphatic rings. The van der Waals surface area contributed by atoms with Gasteiger partial charge in [0, 0.05) is 18.1 Å². The van der Waals surface area contributed by atoms with Crippen molar-refractivity contribution in [2.24, 2.45) is 0 Å². The largest absolute Gasteiger partial charge is 0.381 e. The lowest BCUT2D eigenvalue weighted by Crippen LogP contribution is -1.95. The summed E-state index contributed by atoms with van der Waals surface area (Å²) in [5.41, 5.74) is 5.51. The number of aromatic nitrogens is 2. The van der Waals surface area contributed by atoms with E-state index in [1.54, 1.807) is 6.20 Å². The van der Waals surface area contributed by atoms with Gasteiger partial charge in [-0.05, 0) is 6.42 Å². The van der Waals surface area contributed by atoms with E-state index in [0.717, 1.165) is 0 Å². The van der Waals surface area contributed by atoms with Gasteiger partial charge in [0.05, 0.1) is 6.67 Å². The van der Waals surface area contributed by atoms with Crippen LogP contribution in [0.2, 0.25) is 0 Å². The smallest absolute Gasteiger partial charge is 0.156 e. The molecule has 5 heteroatoms. The summed E-state index contributed by atoms with van der Waals surface area (Å²) in [7, 11) is 0. The third-order valence-electron chi connectivity index (χ3n) is 1.21. The van der Waals surface area contributed by atoms with Gasteiger partial charge in [-0.2, -0.15) is 0 Å². The van der Waals surface area contributed by atoms with E-state index in [2.05, 4.69) is 9.97 Å². The molecule has 1 aromatic rings. The first-order valence-corrected chi connectivity index (χ1v) is 4.58. The molecule has 66 valence electrons. The number of hydrogen-bond acceptors (Lipinski definition) is 4. The topological polar surface area (TPSA) is 51.8 Å². The summed E-state index contributed by atoms with van der Waals surface area (Å²) < 4.78 is 11.7. The predicted molar refractivity (Wildman–Crippen MR) is 47.8 cm³/mol. The quantitative estimate of drug-likeness (QED) is 0.573. The Hall–Kier alpha value is -0.840. The number of alkyl halides is 1. The fraction of sp³-hybridized carbons (Fsp3) is 0.429. The van der Waals surface area contributed by atoms with Gasteiger partial charge in [-0.25, -0.2) is 9.97 Å². The second-order valence-electron chi connectivity index (χ2n) is 2.14. The van der Waals surface area contributed by atoms with E-state index in [1.165, 1.54) is 18.0 Å². The standard InChI is InChI=1S/C7H10FN3S/c8-2-1-5-12-7-6(9)10-3-4-11-7/h3-4H,1-2,5H2,(H2,9,10). The highest BCUT2D eigenvalue weighted by molar-refractivity contribution is 7.99. The average molecular weight is 187 g/mol. The second-order valence-corrected chi connectivity index (χ2v) is 3.22. The molecule has 0 atom stereocenters. The molecule has 0 saturated heterocycles. The van der Waals surface area contributed by atoms with E-state index < -0.39 is 0 Å². The highest BCUT2D eigenvalue weighted by Crippen LogP contribution is 2.19. The summed E-state index contributed by atoms with van der Waals surface area (Å²) in [4.78, 5) is 7.86. The van der Waals surface area contributed by atoms with Crippen molar-refractivity contribution >= 4 is 17.6 Å². The van der Waals surface area contributed by atoms with Crippen LogP contribution >= 0.6 is 11.8 Å². The highest BCUT2D eigenvalue weighted by atomic mass is 32.2. The van der Waals surface area contributed by atoms with Crippen molar-refractivity contribution in [1.82, 2.24) is 9.97 Å². The van der Waals surface area contributed by atoms with Crippen molar-refractivity contribution in [3.63, 3.8) is 0 Å². The number of thioether (sulfide) groups is 1. The van der Waals surface area contributed by atoms with Crippen LogP contribution in [-0.4, -0.2) is 22.4 Å². The Morgan fingerprint density at radius 3 is 2.83 bits per heavy atom. The Kier molecular flexibility index (Phi) is 3.79. The minimum absolute atomic E-state index is 0.298. The van der Waals surface area contributed by atoms with E-state index in [-0.39, 0.29) is 6.67 Å². The van der Waals surface area contributed by atoms with Crippen LogP contribution in [0.25, 0.3) is 0 Å². The first-order valence-electron chi connectivity index (χ1n) is 3.60. The number of nitrogens with two attached hydrogens (primary N) is 1. The van der Waals surface area contributed by atoms with Crippen LogP contribution in [0.5, 0.6) is 0 Å². The molecule has 12 heavy (non-hydrogen) atoms. The Morgan fingerprint density at radius 2 is 2.17 bits per heavy atom. The lowest BCUT2D eigenvalue weighted by Gasteiger charge is -2.00. The van der Waals surface area contributed by atoms with Crippen molar-refractivity contribution in [3.8, 4) is 0 Å². The number of halogens is 1. The zero-order chi connectivity index (χ0) is 8.81. The van der Waals surface area contributed by atoms with Crippen molar-refractivity contribution in [1.29, 1.82) is 0 Å². The molecule has 1 aromatic heterocycles. The lowest BCUT2D eigenvalue weighted by atomic mass is 10.6. The van der Waals surface area contributed by atoms with E-state index >= 15 is 0 Å². The van der Waals surface area contributed by atoms with Gasteiger partial charge in [0.15, 0.2) is 5.82 Å². The van der Waals surface area contributed by atoms with Gasteiger partial charge >= 0.3 is 0 Å². The van der Waals surface area contributed by atoms with Crippen molar-refractivity contribution in [3.05, 3.63) is 12.4 Å². The molecule has 0 fully saturated rings. The summed E-state index contributed by atoms with van der Waals surface area (Å²) in [6, 6.07) is 0. The molecule has 0 spiro atoms. The molecule has 0 aliphatic heterocycles. The highest BCUT2D eigenvalue weighted by Gasteiger charge is 2.00. The summed E-state index contributed by atoms with van der Waals surface area (Å²) in [5, 5.41) is 0.686. The van der Waals surface area contributed by atoms with Gasteiger partial charge < -0.3 is 5.73 Å². The maximum Gasteiger partial charge on any atom is 0.156 e. The van der Waals surface area contributed by atoms with Gasteiger partial charge in [0.1, 0.15) is 5.03 Å². The van der Waals surface area contributed by atoms with Crippen LogP contribution in [0, 0.1) is 0 Å². The monoisotopic (exact) mass is 187 g/mol. The zero-order valence-corrected chi connectivity index (χ0v) is 7.35. The minimum Gasteiger partial charge on any atom is -0.381 e. The molecule has 0 radical (unpaired) electrons. The number of hydrogen-bond donors (Lipinski definition) is 1. The van der Waals surface area contributed by atoms with E-state index in [0.29, 0.717) is 23.0 Å². The number of rotatable bonds is 4. The Bertz CT molecular complexity index is 244. The van der Waals surface area contributed by atoms with Gasteiger partial charge in [-0.1, -0.05) is 0 Å². The average Bonchev–Trinajstić information content (AvgIpc) is 2.09. The lowest BCUT2D eigenvalue weighted by molar-refractivity contribution is 0.489. The van der Waals surface area contributed by atoms with Crippen LogP contribution in [0.4, 0.5) is 10.2 Å². The summed E-state index contributed by atoms with van der Waals surface area (Å²) in [6.45, 7) is -0.298. The van der Waals surface area contributed by atoms with Gasteiger partial charge in [0.25, 0.3) is 0 Å². The fourth-order valence-electron chi connectivity index (χ4n) is 0.671. The molecular formula is C7H10FN3S. The molecular weight excluding hydrogens is 177 g/mol. The molecule has 0 amide bonds. The third kappa shape index (κ3) is 2.65. The molecule has 0 saturated carbocycles. The first kappa shape index (κ1) is 9.25. The first-order chi connectivity index (χ1) is 5.84. The van der Waals surface area contributed by atoms with E-state index in [9.17, 15) is 4.39 Å². The maximum atomic E-state index is 11.7. The molecule has 0 bridgehead atoms. The van der Waals surface area contributed by atoms with Crippen LogP contribution in [0.15, 0.2) is 17.4 Å². The van der Waals surface area contributed by atoms with Crippen molar-refractivity contribution < 1.29 is 4.39 Å². The predicted octanol–water partition coefficient (Wildman–Crippen LogP) is 1.51. The van der Waals surface area contributed by atoms with Crippen LogP contribution in [-0.2, 0) is 0 Å². The van der Waals surface area contributed by atoms with Gasteiger partial charge in [-0.15, -0.1) is 11.8 Å². The minimum atomic E-state index is -0.298. The summed E-state index contributed by atoms with van der Waals surface area (Å²) in [5.74, 6) is 1.11. The molecule has 0 aromatic carbocycles. The van der Waals surface area contributed by atoms with E-state index in [1.807, 2.05) is 0 Å². The number of anilines is 1.